The van der Waals surface area contributed by atoms with Crippen molar-refractivity contribution in [1.82, 2.24) is 4.98 Å². The molecule has 3 rings (SSSR count). The second kappa shape index (κ2) is 6.23. The lowest BCUT2D eigenvalue weighted by Gasteiger charge is -2.03. The molecule has 2 N–H and O–H groups in total. The van der Waals surface area contributed by atoms with E-state index in [0.717, 1.165) is 12.8 Å². The predicted molar refractivity (Wildman–Crippen MR) is 82.2 cm³/mol. The van der Waals surface area contributed by atoms with Gasteiger partial charge in [-0.2, -0.15) is 0 Å². The average molecular weight is 319 g/mol. The van der Waals surface area contributed by atoms with Crippen molar-refractivity contribution in [3.63, 3.8) is 0 Å². The number of hydrogen-bond donors (Lipinski definition) is 2. The van der Waals surface area contributed by atoms with Gasteiger partial charge in [-0.1, -0.05) is 0 Å². The molecule has 1 saturated carbocycles. The highest BCUT2D eigenvalue weighted by molar-refractivity contribution is 7.13. The maximum absolute atomic E-state index is 12.8. The molecule has 2 amide bonds. The predicted octanol–water partition coefficient (Wildman–Crippen LogP) is 2.81. The first-order valence-electron chi connectivity index (χ1n) is 6.91. The molecular formula is C15H14FN3O2S. The van der Waals surface area contributed by atoms with Gasteiger partial charge in [0.1, 0.15) is 5.82 Å². The van der Waals surface area contributed by atoms with Gasteiger partial charge in [0.25, 0.3) is 0 Å². The second-order valence-electron chi connectivity index (χ2n) is 5.14. The minimum Gasteiger partial charge on any atom is -0.326 e. The Morgan fingerprint density at radius 1 is 1.23 bits per heavy atom. The molecule has 1 aliphatic rings. The molecule has 1 heterocycles. The molecule has 0 spiro atoms. The van der Waals surface area contributed by atoms with Gasteiger partial charge in [0.05, 0.1) is 12.1 Å². The quantitative estimate of drug-likeness (QED) is 0.890. The fourth-order valence-corrected chi connectivity index (χ4v) is 2.61. The molecule has 2 aromatic rings. The summed E-state index contributed by atoms with van der Waals surface area (Å²) < 4.78 is 12.8. The summed E-state index contributed by atoms with van der Waals surface area (Å²) in [6.45, 7) is 0. The molecule has 114 valence electrons. The molecule has 1 aromatic heterocycles. The Bertz CT molecular complexity index is 695. The van der Waals surface area contributed by atoms with Crippen molar-refractivity contribution in [2.75, 3.05) is 10.6 Å². The van der Waals surface area contributed by atoms with Gasteiger partial charge in [-0.3, -0.25) is 9.59 Å². The van der Waals surface area contributed by atoms with Gasteiger partial charge in [0.15, 0.2) is 5.13 Å². The van der Waals surface area contributed by atoms with Gasteiger partial charge in [-0.25, -0.2) is 9.37 Å². The lowest BCUT2D eigenvalue weighted by Crippen LogP contribution is -2.15. The third-order valence-corrected chi connectivity index (χ3v) is 4.01. The van der Waals surface area contributed by atoms with Crippen LogP contribution in [0, 0.1) is 11.7 Å². The van der Waals surface area contributed by atoms with Crippen LogP contribution in [0.1, 0.15) is 18.5 Å². The highest BCUT2D eigenvalue weighted by Crippen LogP contribution is 2.30. The van der Waals surface area contributed by atoms with E-state index in [0.29, 0.717) is 16.5 Å². The van der Waals surface area contributed by atoms with Crippen molar-refractivity contribution in [3.05, 3.63) is 41.2 Å². The number of thiazole rings is 1. The summed E-state index contributed by atoms with van der Waals surface area (Å²) in [6.07, 6.45) is 1.97. The van der Waals surface area contributed by atoms with Crippen molar-refractivity contribution in [3.8, 4) is 0 Å². The molecule has 0 atom stereocenters. The van der Waals surface area contributed by atoms with Crippen molar-refractivity contribution in [1.29, 1.82) is 0 Å². The first-order valence-corrected chi connectivity index (χ1v) is 7.79. The Morgan fingerprint density at radius 2 is 1.95 bits per heavy atom. The van der Waals surface area contributed by atoms with Gasteiger partial charge in [-0.05, 0) is 37.1 Å². The van der Waals surface area contributed by atoms with E-state index in [4.69, 9.17) is 0 Å². The molecule has 0 radical (unpaired) electrons. The van der Waals surface area contributed by atoms with Crippen LogP contribution in [0.25, 0.3) is 0 Å². The molecule has 0 unspecified atom stereocenters. The molecule has 1 aliphatic carbocycles. The highest BCUT2D eigenvalue weighted by atomic mass is 32.1. The van der Waals surface area contributed by atoms with Gasteiger partial charge in [0.2, 0.25) is 11.8 Å². The first-order chi connectivity index (χ1) is 10.6. The Balaban J connectivity index is 1.53. The molecule has 5 nitrogen and oxygen atoms in total. The van der Waals surface area contributed by atoms with E-state index in [1.807, 2.05) is 0 Å². The topological polar surface area (TPSA) is 71.1 Å². The number of carbonyl (C=O) groups is 2. The molecule has 22 heavy (non-hydrogen) atoms. The van der Waals surface area contributed by atoms with Crippen molar-refractivity contribution < 1.29 is 14.0 Å². The number of hydrogen-bond acceptors (Lipinski definition) is 4. The molecule has 1 fully saturated rings. The zero-order valence-corrected chi connectivity index (χ0v) is 12.5. The summed E-state index contributed by atoms with van der Waals surface area (Å²) in [5.41, 5.74) is 1.12. The SMILES string of the molecule is O=C(Cc1csc(NC(=O)C2CC2)n1)Nc1ccc(F)cc1. The number of halogens is 1. The number of nitrogens with zero attached hydrogens (tertiary/aromatic N) is 1. The van der Waals surface area contributed by atoms with Crippen LogP contribution >= 0.6 is 11.3 Å². The third-order valence-electron chi connectivity index (χ3n) is 3.20. The van der Waals surface area contributed by atoms with Crippen LogP contribution in [-0.4, -0.2) is 16.8 Å². The Labute approximate surface area is 130 Å². The van der Waals surface area contributed by atoms with Crippen molar-refractivity contribution in [2.24, 2.45) is 5.92 Å². The van der Waals surface area contributed by atoms with Crippen molar-refractivity contribution in [2.45, 2.75) is 19.3 Å². The number of anilines is 2. The third kappa shape index (κ3) is 3.88. The zero-order chi connectivity index (χ0) is 15.5. The number of aromatic nitrogens is 1. The van der Waals surface area contributed by atoms with E-state index in [-0.39, 0.29) is 30.0 Å². The molecule has 7 heteroatoms. The zero-order valence-electron chi connectivity index (χ0n) is 11.6. The fourth-order valence-electron chi connectivity index (χ4n) is 1.90. The van der Waals surface area contributed by atoms with Crippen LogP contribution in [0.5, 0.6) is 0 Å². The number of carbonyl (C=O) groups excluding carboxylic acids is 2. The van der Waals surface area contributed by atoms with Crippen LogP contribution in [0.3, 0.4) is 0 Å². The largest absolute Gasteiger partial charge is 0.326 e. The van der Waals surface area contributed by atoms with Crippen LogP contribution in [0.2, 0.25) is 0 Å². The lowest BCUT2D eigenvalue weighted by molar-refractivity contribution is -0.117. The van der Waals surface area contributed by atoms with Crippen LogP contribution in [0.4, 0.5) is 15.2 Å². The standard InChI is InChI=1S/C15H14FN3O2S/c16-10-3-5-11(6-4-10)17-13(20)7-12-8-22-15(18-12)19-14(21)9-1-2-9/h3-6,8-9H,1-2,7H2,(H,17,20)(H,18,19,21). The van der Waals surface area contributed by atoms with Gasteiger partial charge in [0, 0.05) is 17.0 Å². The normalized spacial score (nSPS) is 13.7. The average Bonchev–Trinajstić information content (AvgIpc) is 3.25. The second-order valence-corrected chi connectivity index (χ2v) is 6.00. The summed E-state index contributed by atoms with van der Waals surface area (Å²) >= 11 is 1.30. The minimum atomic E-state index is -0.353. The molecule has 0 aliphatic heterocycles. The van der Waals surface area contributed by atoms with E-state index >= 15 is 0 Å². The van der Waals surface area contributed by atoms with E-state index in [9.17, 15) is 14.0 Å². The molecule has 0 bridgehead atoms. The van der Waals surface area contributed by atoms with Gasteiger partial charge in [-0.15, -0.1) is 11.3 Å². The summed E-state index contributed by atoms with van der Waals surface area (Å²) in [7, 11) is 0. The smallest absolute Gasteiger partial charge is 0.230 e. The fraction of sp³-hybridized carbons (Fsp3) is 0.267. The van der Waals surface area contributed by atoms with Gasteiger partial charge < -0.3 is 10.6 Å². The van der Waals surface area contributed by atoms with Crippen molar-refractivity contribution >= 4 is 34.0 Å². The van der Waals surface area contributed by atoms with Crippen LogP contribution in [-0.2, 0) is 16.0 Å². The monoisotopic (exact) mass is 319 g/mol. The van der Waals surface area contributed by atoms with E-state index < -0.39 is 0 Å². The molecular weight excluding hydrogens is 305 g/mol. The van der Waals surface area contributed by atoms with E-state index in [1.165, 1.54) is 35.6 Å². The number of amides is 2. The first kappa shape index (κ1) is 14.6. The summed E-state index contributed by atoms with van der Waals surface area (Å²) in [4.78, 5) is 27.7. The Hall–Kier alpha value is -2.28. The summed E-state index contributed by atoms with van der Waals surface area (Å²) in [6, 6.07) is 5.55. The summed E-state index contributed by atoms with van der Waals surface area (Å²) in [5, 5.41) is 7.67. The number of nitrogens with one attached hydrogen (secondary N) is 2. The van der Waals surface area contributed by atoms with Crippen LogP contribution in [0.15, 0.2) is 29.6 Å². The number of rotatable bonds is 5. The summed E-state index contributed by atoms with van der Waals surface area (Å²) in [5.74, 6) is -0.476. The highest BCUT2D eigenvalue weighted by Gasteiger charge is 2.30. The van der Waals surface area contributed by atoms with E-state index in [1.54, 1.807) is 5.38 Å². The minimum absolute atomic E-state index is 0.00309. The molecule has 0 saturated heterocycles. The van der Waals surface area contributed by atoms with E-state index in [2.05, 4.69) is 15.6 Å². The Kier molecular flexibility index (Phi) is 4.15. The maximum atomic E-state index is 12.8. The van der Waals surface area contributed by atoms with Gasteiger partial charge >= 0.3 is 0 Å². The Morgan fingerprint density at radius 3 is 2.64 bits per heavy atom. The van der Waals surface area contributed by atoms with Crippen LogP contribution < -0.4 is 10.6 Å². The molecule has 1 aromatic carbocycles. The lowest BCUT2D eigenvalue weighted by atomic mass is 10.3. The number of benzene rings is 1. The maximum Gasteiger partial charge on any atom is 0.230 e.